The van der Waals surface area contributed by atoms with Gasteiger partial charge in [-0.05, 0) is 32.1 Å². The molecule has 3 unspecified atom stereocenters. The molecule has 0 aromatic rings. The highest BCUT2D eigenvalue weighted by Crippen LogP contribution is 2.16. The smallest absolute Gasteiger partial charge is 0.222 e. The molecular formula is C47H91NO4. The molecular weight excluding hydrogens is 643 g/mol. The van der Waals surface area contributed by atoms with Crippen molar-refractivity contribution in [1.29, 1.82) is 0 Å². The lowest BCUT2D eigenvalue weighted by atomic mass is 10.0. The quantitative estimate of drug-likeness (QED) is 0.0371. The Bertz CT molecular complexity index is 768. The van der Waals surface area contributed by atoms with Gasteiger partial charge in [0.2, 0.25) is 5.91 Å². The van der Waals surface area contributed by atoms with Gasteiger partial charge in [0.25, 0.3) is 0 Å². The molecule has 52 heavy (non-hydrogen) atoms. The predicted octanol–water partition coefficient (Wildman–Crippen LogP) is 13.4. The number of aliphatic hydroxyl groups excluding tert-OH is 3. The molecule has 0 aliphatic heterocycles. The van der Waals surface area contributed by atoms with E-state index in [2.05, 4.69) is 31.3 Å². The number of aliphatic hydroxyl groups is 3. The summed E-state index contributed by atoms with van der Waals surface area (Å²) in [6.45, 7) is 4.21. The van der Waals surface area contributed by atoms with Gasteiger partial charge in [-0.3, -0.25) is 4.79 Å². The summed E-state index contributed by atoms with van der Waals surface area (Å²) in [5.41, 5.74) is 0. The Balaban J connectivity index is 3.64. The molecule has 0 spiro atoms. The van der Waals surface area contributed by atoms with Gasteiger partial charge in [0, 0.05) is 0 Å². The molecule has 1 amide bonds. The Morgan fingerprint density at radius 1 is 0.481 bits per heavy atom. The molecule has 0 aromatic heterocycles. The predicted molar refractivity (Wildman–Crippen MR) is 227 cm³/mol. The summed E-state index contributed by atoms with van der Waals surface area (Å²) in [5.74, 6) is -0.322. The fraction of sp³-hybridized carbons (Fsp3) is 0.894. The van der Waals surface area contributed by atoms with Crippen LogP contribution in [-0.2, 0) is 4.79 Å². The zero-order valence-corrected chi connectivity index (χ0v) is 35.0. The fourth-order valence-corrected chi connectivity index (χ4v) is 7.18. The minimum Gasteiger partial charge on any atom is -0.394 e. The number of carbonyl (C=O) groups excluding carboxylic acids is 1. The van der Waals surface area contributed by atoms with Crippen LogP contribution >= 0.6 is 0 Å². The minimum absolute atomic E-state index is 0.00989. The van der Waals surface area contributed by atoms with Crippen molar-refractivity contribution in [2.45, 2.75) is 263 Å². The van der Waals surface area contributed by atoms with Crippen LogP contribution in [0.5, 0.6) is 0 Å². The molecule has 0 fully saturated rings. The van der Waals surface area contributed by atoms with Crippen LogP contribution in [0.1, 0.15) is 245 Å². The van der Waals surface area contributed by atoms with Crippen molar-refractivity contribution in [2.75, 3.05) is 6.61 Å². The largest absolute Gasteiger partial charge is 0.394 e. The van der Waals surface area contributed by atoms with Gasteiger partial charge >= 0.3 is 0 Å². The monoisotopic (exact) mass is 734 g/mol. The number of nitrogens with one attached hydrogen (secondary N) is 1. The summed E-state index contributed by atoms with van der Waals surface area (Å²) in [5, 5.41) is 33.2. The summed E-state index contributed by atoms with van der Waals surface area (Å²) < 4.78 is 0. The Morgan fingerprint density at radius 2 is 0.827 bits per heavy atom. The fourth-order valence-electron chi connectivity index (χ4n) is 7.18. The molecule has 0 saturated carbocycles. The Hall–Kier alpha value is -1.17. The van der Waals surface area contributed by atoms with E-state index in [-0.39, 0.29) is 18.9 Å². The van der Waals surface area contributed by atoms with Crippen LogP contribution in [0.2, 0.25) is 0 Å². The normalized spacial score (nSPS) is 13.7. The summed E-state index contributed by atoms with van der Waals surface area (Å²) in [7, 11) is 0. The van der Waals surface area contributed by atoms with Crippen molar-refractivity contribution in [3.8, 4) is 0 Å². The number of allylic oxidation sites excluding steroid dienone is 3. The van der Waals surface area contributed by atoms with Crippen LogP contribution in [0.4, 0.5) is 0 Å². The van der Waals surface area contributed by atoms with Crippen LogP contribution in [0, 0.1) is 0 Å². The van der Waals surface area contributed by atoms with Crippen LogP contribution in [0.15, 0.2) is 24.3 Å². The molecule has 0 heterocycles. The minimum atomic E-state index is -0.948. The maximum atomic E-state index is 12.4. The lowest BCUT2D eigenvalue weighted by Gasteiger charge is -2.21. The number of carbonyl (C=O) groups is 1. The van der Waals surface area contributed by atoms with Crippen molar-refractivity contribution in [2.24, 2.45) is 0 Å². The van der Waals surface area contributed by atoms with E-state index in [1.807, 2.05) is 6.08 Å². The maximum Gasteiger partial charge on any atom is 0.222 e. The van der Waals surface area contributed by atoms with E-state index in [1.165, 1.54) is 186 Å². The number of hydrogen-bond donors (Lipinski definition) is 4. The van der Waals surface area contributed by atoms with Crippen molar-refractivity contribution in [1.82, 2.24) is 5.32 Å². The topological polar surface area (TPSA) is 89.8 Å². The first-order valence-electron chi connectivity index (χ1n) is 23.1. The first-order chi connectivity index (χ1) is 25.5. The molecule has 5 heteroatoms. The number of hydrogen-bond acceptors (Lipinski definition) is 4. The zero-order valence-electron chi connectivity index (χ0n) is 35.0. The van der Waals surface area contributed by atoms with Crippen LogP contribution < -0.4 is 5.32 Å². The average Bonchev–Trinajstić information content (AvgIpc) is 3.14. The van der Waals surface area contributed by atoms with Crippen LogP contribution in [0.3, 0.4) is 0 Å². The van der Waals surface area contributed by atoms with Crippen LogP contribution in [-0.4, -0.2) is 46.1 Å². The van der Waals surface area contributed by atoms with Gasteiger partial charge in [0.1, 0.15) is 0 Å². The Labute approximate surface area is 324 Å². The first-order valence-corrected chi connectivity index (χ1v) is 23.1. The third kappa shape index (κ3) is 38.6. The van der Waals surface area contributed by atoms with Crippen molar-refractivity contribution in [3.63, 3.8) is 0 Å². The summed E-state index contributed by atoms with van der Waals surface area (Å²) >= 11 is 0. The first kappa shape index (κ1) is 50.8. The van der Waals surface area contributed by atoms with E-state index < -0.39 is 18.2 Å². The standard InChI is InChI=1S/C47H91NO4/c1-3-5-7-9-11-13-15-17-19-21-22-23-24-25-26-28-30-32-34-36-38-40-44(50)42-47(52)48-45(43-49)46(51)41-39-37-35-33-31-29-27-20-18-16-14-12-10-8-6-4-2/h31,33,39,41,44-46,49-51H,3-30,32,34-38,40,42-43H2,1-2H3,(H,48,52)/b33-31+,41-39+. The highest BCUT2D eigenvalue weighted by atomic mass is 16.3. The van der Waals surface area contributed by atoms with Gasteiger partial charge in [0.05, 0.1) is 31.3 Å². The molecule has 5 nitrogen and oxygen atoms in total. The van der Waals surface area contributed by atoms with E-state index in [4.69, 9.17) is 0 Å². The third-order valence-corrected chi connectivity index (χ3v) is 10.7. The van der Waals surface area contributed by atoms with E-state index in [0.29, 0.717) is 6.42 Å². The number of amides is 1. The van der Waals surface area contributed by atoms with Gasteiger partial charge in [-0.15, -0.1) is 0 Å². The second kappa shape index (κ2) is 42.6. The second-order valence-corrected chi connectivity index (χ2v) is 16.0. The molecule has 308 valence electrons. The average molecular weight is 734 g/mol. The van der Waals surface area contributed by atoms with E-state index >= 15 is 0 Å². The third-order valence-electron chi connectivity index (χ3n) is 10.7. The molecule has 0 radical (unpaired) electrons. The van der Waals surface area contributed by atoms with E-state index in [0.717, 1.165) is 32.1 Å². The van der Waals surface area contributed by atoms with Crippen LogP contribution in [0.25, 0.3) is 0 Å². The highest BCUT2D eigenvalue weighted by molar-refractivity contribution is 5.76. The zero-order chi connectivity index (χ0) is 38.0. The Morgan fingerprint density at radius 3 is 1.23 bits per heavy atom. The van der Waals surface area contributed by atoms with Crippen molar-refractivity contribution in [3.05, 3.63) is 24.3 Å². The highest BCUT2D eigenvalue weighted by Gasteiger charge is 2.20. The van der Waals surface area contributed by atoms with Gasteiger partial charge in [0.15, 0.2) is 0 Å². The number of unbranched alkanes of at least 4 members (excludes halogenated alkanes) is 31. The van der Waals surface area contributed by atoms with E-state index in [9.17, 15) is 20.1 Å². The Kier molecular flexibility index (Phi) is 41.6. The molecule has 0 rings (SSSR count). The van der Waals surface area contributed by atoms with E-state index in [1.54, 1.807) is 6.08 Å². The van der Waals surface area contributed by atoms with Gasteiger partial charge in [-0.2, -0.15) is 0 Å². The lowest BCUT2D eigenvalue weighted by Crippen LogP contribution is -2.45. The SMILES string of the molecule is CCCCCCCCCCCC/C=C/CC/C=C/C(O)C(CO)NC(=O)CC(O)CCCCCCCCCCCCCCCCCCCCCCC. The van der Waals surface area contributed by atoms with Crippen molar-refractivity contribution >= 4 is 5.91 Å². The number of rotatable bonds is 42. The van der Waals surface area contributed by atoms with Crippen molar-refractivity contribution < 1.29 is 20.1 Å². The summed E-state index contributed by atoms with van der Waals surface area (Å²) in [4.78, 5) is 12.4. The molecule has 0 aliphatic carbocycles. The maximum absolute atomic E-state index is 12.4. The van der Waals surface area contributed by atoms with Gasteiger partial charge < -0.3 is 20.6 Å². The molecule has 0 aromatic carbocycles. The molecule has 4 N–H and O–H groups in total. The van der Waals surface area contributed by atoms with Gasteiger partial charge in [-0.25, -0.2) is 0 Å². The van der Waals surface area contributed by atoms with Gasteiger partial charge in [-0.1, -0.05) is 231 Å². The molecule has 0 aliphatic rings. The molecule has 3 atom stereocenters. The summed E-state index contributed by atoms with van der Waals surface area (Å²) in [6.07, 6.45) is 51.9. The lowest BCUT2D eigenvalue weighted by molar-refractivity contribution is -0.124. The molecule has 0 saturated heterocycles. The molecule has 0 bridgehead atoms. The summed E-state index contributed by atoms with van der Waals surface area (Å²) in [6, 6.07) is -0.757. The second-order valence-electron chi connectivity index (χ2n) is 16.0.